The molecule has 0 spiro atoms. The van der Waals surface area contributed by atoms with Crippen LogP contribution in [0.4, 0.5) is 5.69 Å². The molecule has 1 atom stereocenters. The highest BCUT2D eigenvalue weighted by molar-refractivity contribution is 9.10. The van der Waals surface area contributed by atoms with Gasteiger partial charge in [-0.2, -0.15) is 0 Å². The van der Waals surface area contributed by atoms with Crippen molar-refractivity contribution in [2.24, 2.45) is 0 Å². The average Bonchev–Trinajstić information content (AvgIpc) is 2.44. The highest BCUT2D eigenvalue weighted by Crippen LogP contribution is 2.32. The second-order valence-corrected chi connectivity index (χ2v) is 5.19. The topological polar surface area (TPSA) is 49.3 Å². The fraction of sp³-hybridized carbons (Fsp3) is 0.0714. The number of para-hydroxylation sites is 1. The monoisotopic (exact) mass is 339 g/mol. The summed E-state index contributed by atoms with van der Waals surface area (Å²) in [6.07, 6.45) is 0. The van der Waals surface area contributed by atoms with Gasteiger partial charge in [-0.15, -0.1) is 11.6 Å². The molecule has 2 aromatic rings. The molecule has 19 heavy (non-hydrogen) atoms. The third-order valence-corrected chi connectivity index (χ3v) is 3.66. The summed E-state index contributed by atoms with van der Waals surface area (Å²) in [4.78, 5) is 12.0. The minimum absolute atomic E-state index is 0.0206. The molecule has 2 rings (SSSR count). The third-order valence-electron chi connectivity index (χ3n) is 2.57. The van der Waals surface area contributed by atoms with E-state index in [0.29, 0.717) is 15.7 Å². The van der Waals surface area contributed by atoms with Gasteiger partial charge in [0.25, 0.3) is 0 Å². The molecule has 0 radical (unpaired) electrons. The van der Waals surface area contributed by atoms with Crippen LogP contribution in [0.15, 0.2) is 53.0 Å². The largest absolute Gasteiger partial charge is 0.505 e. The summed E-state index contributed by atoms with van der Waals surface area (Å²) in [5.41, 5.74) is 1.03. The number of hydrogen-bond acceptors (Lipinski definition) is 2. The molecule has 0 fully saturated rings. The molecule has 2 aromatic carbocycles. The van der Waals surface area contributed by atoms with Gasteiger partial charge in [-0.05, 0) is 33.6 Å². The zero-order valence-electron chi connectivity index (χ0n) is 9.81. The van der Waals surface area contributed by atoms with E-state index in [4.69, 9.17) is 11.6 Å². The van der Waals surface area contributed by atoms with Crippen LogP contribution in [0.2, 0.25) is 0 Å². The summed E-state index contributed by atoms with van der Waals surface area (Å²) in [5, 5.41) is 11.6. The number of halogens is 2. The van der Waals surface area contributed by atoms with Crippen LogP contribution in [0, 0.1) is 0 Å². The molecule has 98 valence electrons. The van der Waals surface area contributed by atoms with Crippen LogP contribution in [-0.2, 0) is 4.79 Å². The van der Waals surface area contributed by atoms with Gasteiger partial charge in [-0.3, -0.25) is 4.79 Å². The van der Waals surface area contributed by atoms with Crippen LogP contribution < -0.4 is 5.32 Å². The van der Waals surface area contributed by atoms with Crippen LogP contribution >= 0.6 is 27.5 Å². The molecule has 0 saturated heterocycles. The molecule has 0 aliphatic heterocycles. The van der Waals surface area contributed by atoms with E-state index in [1.807, 2.05) is 18.2 Å². The van der Waals surface area contributed by atoms with Gasteiger partial charge in [-0.25, -0.2) is 0 Å². The number of rotatable bonds is 3. The number of phenolic OH excluding ortho intramolecular Hbond substituents is 1. The number of anilines is 1. The molecular formula is C14H11BrClNO2. The number of phenols is 1. The first-order chi connectivity index (χ1) is 9.09. The summed E-state index contributed by atoms with van der Waals surface area (Å²) in [5.74, 6) is -0.408. The standard InChI is InChI=1S/C14H11BrClNO2/c15-10-7-4-8-11(13(10)18)17-14(19)12(16)9-5-2-1-3-6-9/h1-8,12,18H,(H,17,19). The fourth-order valence-electron chi connectivity index (χ4n) is 1.59. The lowest BCUT2D eigenvalue weighted by atomic mass is 10.1. The molecule has 3 nitrogen and oxygen atoms in total. The average molecular weight is 341 g/mol. The highest BCUT2D eigenvalue weighted by atomic mass is 79.9. The second kappa shape index (κ2) is 6.08. The number of carbonyl (C=O) groups excluding carboxylic acids is 1. The fourth-order valence-corrected chi connectivity index (χ4v) is 2.15. The van der Waals surface area contributed by atoms with Crippen molar-refractivity contribution in [3.05, 3.63) is 58.6 Å². The first-order valence-electron chi connectivity index (χ1n) is 5.57. The zero-order chi connectivity index (χ0) is 13.8. The molecule has 0 heterocycles. The molecule has 0 saturated carbocycles. The third kappa shape index (κ3) is 3.28. The van der Waals surface area contributed by atoms with E-state index in [1.54, 1.807) is 30.3 Å². The highest BCUT2D eigenvalue weighted by Gasteiger charge is 2.18. The Bertz CT molecular complexity index is 589. The van der Waals surface area contributed by atoms with Crippen LogP contribution in [0.25, 0.3) is 0 Å². The molecular weight excluding hydrogens is 330 g/mol. The second-order valence-electron chi connectivity index (χ2n) is 3.90. The van der Waals surface area contributed by atoms with E-state index in [9.17, 15) is 9.90 Å². The SMILES string of the molecule is O=C(Nc1cccc(Br)c1O)C(Cl)c1ccccc1. The Morgan fingerprint density at radius 1 is 1.16 bits per heavy atom. The quantitative estimate of drug-likeness (QED) is 0.653. The van der Waals surface area contributed by atoms with Crippen molar-refractivity contribution in [3.63, 3.8) is 0 Å². The van der Waals surface area contributed by atoms with E-state index in [2.05, 4.69) is 21.2 Å². The van der Waals surface area contributed by atoms with Crippen molar-refractivity contribution >= 4 is 39.1 Å². The maximum Gasteiger partial charge on any atom is 0.247 e. The predicted octanol–water partition coefficient (Wildman–Crippen LogP) is 4.07. The lowest BCUT2D eigenvalue weighted by Gasteiger charge is -2.12. The van der Waals surface area contributed by atoms with Crippen molar-refractivity contribution in [3.8, 4) is 5.75 Å². The summed E-state index contributed by atoms with van der Waals surface area (Å²) < 4.78 is 0.510. The Labute approximate surface area is 124 Å². The lowest BCUT2D eigenvalue weighted by molar-refractivity contribution is -0.116. The lowest BCUT2D eigenvalue weighted by Crippen LogP contribution is -2.17. The smallest absolute Gasteiger partial charge is 0.247 e. The van der Waals surface area contributed by atoms with E-state index in [1.165, 1.54) is 0 Å². The van der Waals surface area contributed by atoms with Crippen LogP contribution in [0.3, 0.4) is 0 Å². The predicted molar refractivity (Wildman–Crippen MR) is 79.5 cm³/mol. The minimum atomic E-state index is -0.806. The van der Waals surface area contributed by atoms with E-state index >= 15 is 0 Å². The first kappa shape index (κ1) is 13.9. The molecule has 0 aliphatic rings. The minimum Gasteiger partial charge on any atom is -0.505 e. The Morgan fingerprint density at radius 2 is 1.84 bits per heavy atom. The number of aromatic hydroxyl groups is 1. The maximum absolute atomic E-state index is 12.0. The zero-order valence-corrected chi connectivity index (χ0v) is 12.1. The van der Waals surface area contributed by atoms with Gasteiger partial charge in [0.15, 0.2) is 5.75 Å². The van der Waals surface area contributed by atoms with Gasteiger partial charge in [0.2, 0.25) is 5.91 Å². The van der Waals surface area contributed by atoms with Crippen molar-refractivity contribution < 1.29 is 9.90 Å². The van der Waals surface area contributed by atoms with Crippen molar-refractivity contribution in [1.82, 2.24) is 0 Å². The molecule has 0 aromatic heterocycles. The number of hydrogen-bond donors (Lipinski definition) is 2. The number of alkyl halides is 1. The maximum atomic E-state index is 12.0. The number of benzene rings is 2. The van der Waals surface area contributed by atoms with Crippen LogP contribution in [0.1, 0.15) is 10.9 Å². The van der Waals surface area contributed by atoms with Gasteiger partial charge >= 0.3 is 0 Å². The molecule has 2 N–H and O–H groups in total. The van der Waals surface area contributed by atoms with Gasteiger partial charge in [-0.1, -0.05) is 36.4 Å². The molecule has 1 amide bonds. The Kier molecular flexibility index (Phi) is 4.45. The Morgan fingerprint density at radius 3 is 2.53 bits per heavy atom. The van der Waals surface area contributed by atoms with Crippen molar-refractivity contribution in [2.75, 3.05) is 5.32 Å². The van der Waals surface area contributed by atoms with Crippen molar-refractivity contribution in [1.29, 1.82) is 0 Å². The number of amides is 1. The molecule has 5 heteroatoms. The van der Waals surface area contributed by atoms with Crippen LogP contribution in [0.5, 0.6) is 5.75 Å². The first-order valence-corrected chi connectivity index (χ1v) is 6.80. The van der Waals surface area contributed by atoms with E-state index in [-0.39, 0.29) is 11.7 Å². The molecule has 0 aliphatic carbocycles. The van der Waals surface area contributed by atoms with Crippen LogP contribution in [-0.4, -0.2) is 11.0 Å². The van der Waals surface area contributed by atoms with Gasteiger partial charge in [0, 0.05) is 0 Å². The van der Waals surface area contributed by atoms with E-state index in [0.717, 1.165) is 0 Å². The van der Waals surface area contributed by atoms with Crippen molar-refractivity contribution in [2.45, 2.75) is 5.38 Å². The Hall–Kier alpha value is -1.52. The number of carbonyl (C=O) groups is 1. The summed E-state index contributed by atoms with van der Waals surface area (Å²) in [6.45, 7) is 0. The summed E-state index contributed by atoms with van der Waals surface area (Å²) in [6, 6.07) is 14.0. The van der Waals surface area contributed by atoms with Gasteiger partial charge in [0.05, 0.1) is 10.2 Å². The summed E-state index contributed by atoms with van der Waals surface area (Å²) in [7, 11) is 0. The normalized spacial score (nSPS) is 11.9. The summed E-state index contributed by atoms with van der Waals surface area (Å²) >= 11 is 9.28. The van der Waals surface area contributed by atoms with Gasteiger partial charge in [0.1, 0.15) is 5.38 Å². The number of nitrogens with one attached hydrogen (secondary N) is 1. The Balaban J connectivity index is 2.15. The van der Waals surface area contributed by atoms with E-state index < -0.39 is 5.38 Å². The van der Waals surface area contributed by atoms with Gasteiger partial charge < -0.3 is 10.4 Å². The molecule has 0 bridgehead atoms. The molecule has 1 unspecified atom stereocenters.